The zero-order valence-corrected chi connectivity index (χ0v) is 25.9. The minimum atomic E-state index is -0.700. The summed E-state index contributed by atoms with van der Waals surface area (Å²) in [7, 11) is 0. The highest BCUT2D eigenvalue weighted by Gasteiger charge is 2.32. The molecule has 3 aromatic rings. The van der Waals surface area contributed by atoms with Gasteiger partial charge in [-0.2, -0.15) is 0 Å². The Bertz CT molecular complexity index is 1300. The van der Waals surface area contributed by atoms with Crippen molar-refractivity contribution in [1.29, 1.82) is 0 Å². The van der Waals surface area contributed by atoms with Crippen molar-refractivity contribution >= 4 is 70.0 Å². The van der Waals surface area contributed by atoms with Crippen LogP contribution in [0.15, 0.2) is 66.7 Å². The molecular weight excluding hydrogens is 606 g/mol. The summed E-state index contributed by atoms with van der Waals surface area (Å²) in [6.07, 6.45) is 5.70. The Morgan fingerprint density at radius 1 is 0.850 bits per heavy atom. The molecule has 1 N–H and O–H groups in total. The first-order chi connectivity index (χ1) is 19.3. The third-order valence-corrected chi connectivity index (χ3v) is 9.37. The molecule has 4 nitrogen and oxygen atoms in total. The normalized spacial score (nSPS) is 14.5. The smallest absolute Gasteiger partial charge is 0.243 e. The molecule has 0 radical (unpaired) electrons. The molecule has 0 unspecified atom stereocenters. The number of hydrogen-bond donors (Lipinski definition) is 1. The first-order valence-corrected chi connectivity index (χ1v) is 16.1. The summed E-state index contributed by atoms with van der Waals surface area (Å²) in [6, 6.07) is 19.9. The van der Waals surface area contributed by atoms with E-state index < -0.39 is 6.04 Å². The molecule has 1 atom stereocenters. The minimum Gasteiger partial charge on any atom is -0.352 e. The van der Waals surface area contributed by atoms with Gasteiger partial charge < -0.3 is 10.2 Å². The molecule has 4 rings (SSSR count). The van der Waals surface area contributed by atoms with E-state index in [-0.39, 0.29) is 30.2 Å². The predicted molar refractivity (Wildman–Crippen MR) is 169 cm³/mol. The summed E-state index contributed by atoms with van der Waals surface area (Å²) < 4.78 is 0. The maximum absolute atomic E-state index is 13.9. The van der Waals surface area contributed by atoms with E-state index in [2.05, 4.69) is 5.32 Å². The average Bonchev–Trinajstić information content (AvgIpc) is 2.94. The fourth-order valence-corrected chi connectivity index (χ4v) is 6.55. The van der Waals surface area contributed by atoms with Gasteiger partial charge in [0.25, 0.3) is 0 Å². The molecule has 9 heteroatoms. The maximum atomic E-state index is 13.9. The Kier molecular flexibility index (Phi) is 11.9. The number of rotatable bonds is 11. The third kappa shape index (κ3) is 9.06. The van der Waals surface area contributed by atoms with Crippen LogP contribution in [0.5, 0.6) is 0 Å². The minimum absolute atomic E-state index is 0.125. The van der Waals surface area contributed by atoms with Gasteiger partial charge in [0.2, 0.25) is 11.8 Å². The van der Waals surface area contributed by atoms with E-state index in [1.165, 1.54) is 18.2 Å². The van der Waals surface area contributed by atoms with Crippen LogP contribution in [0.2, 0.25) is 20.1 Å². The molecule has 212 valence electrons. The lowest BCUT2D eigenvalue weighted by atomic mass is 9.94. The monoisotopic (exact) mass is 636 g/mol. The summed E-state index contributed by atoms with van der Waals surface area (Å²) in [4.78, 5) is 29.4. The van der Waals surface area contributed by atoms with Crippen LogP contribution < -0.4 is 5.32 Å². The van der Waals surface area contributed by atoms with Crippen LogP contribution in [-0.4, -0.2) is 34.6 Å². The standard InChI is InChI=1S/C31H32Cl4N2O2S/c32-24-13-12-23(27(34)17-24)18-37(30(38)20-40-19-22-11-14-26(33)28(35)15-22)29(16-21-7-3-1-4-8-21)31(39)36-25-9-5-2-6-10-25/h1,3-4,7-8,11-15,17,25,29H,2,5-6,9-10,16,18-20H2,(H,36,39)/t29-/m1/s1. The van der Waals surface area contributed by atoms with E-state index >= 15 is 0 Å². The van der Waals surface area contributed by atoms with Crippen LogP contribution in [0.3, 0.4) is 0 Å². The first kappa shape index (κ1) is 31.1. The Morgan fingerprint density at radius 3 is 2.30 bits per heavy atom. The average molecular weight is 638 g/mol. The Balaban J connectivity index is 1.58. The molecule has 3 aromatic carbocycles. The Labute approximate surface area is 260 Å². The lowest BCUT2D eigenvalue weighted by molar-refractivity contribution is -0.139. The number of hydrogen-bond acceptors (Lipinski definition) is 3. The van der Waals surface area contributed by atoms with Crippen molar-refractivity contribution in [3.05, 3.63) is 104 Å². The van der Waals surface area contributed by atoms with Crippen LogP contribution in [-0.2, 0) is 28.3 Å². The van der Waals surface area contributed by atoms with E-state index in [1.807, 2.05) is 48.5 Å². The second-order valence-electron chi connectivity index (χ2n) is 10.0. The molecule has 0 aromatic heterocycles. The van der Waals surface area contributed by atoms with Crippen LogP contribution in [0.25, 0.3) is 0 Å². The number of halogens is 4. The molecule has 0 spiro atoms. The van der Waals surface area contributed by atoms with Crippen molar-refractivity contribution in [3.63, 3.8) is 0 Å². The lowest BCUT2D eigenvalue weighted by Crippen LogP contribution is -2.53. The summed E-state index contributed by atoms with van der Waals surface area (Å²) in [6.45, 7) is 0.192. The van der Waals surface area contributed by atoms with E-state index in [9.17, 15) is 9.59 Å². The Morgan fingerprint density at radius 2 is 1.60 bits per heavy atom. The van der Waals surface area contributed by atoms with Gasteiger partial charge >= 0.3 is 0 Å². The quantitative estimate of drug-likeness (QED) is 0.229. The van der Waals surface area contributed by atoms with E-state index in [0.717, 1.165) is 42.4 Å². The number of carbonyl (C=O) groups excluding carboxylic acids is 2. The number of amides is 2. The molecule has 2 amide bonds. The predicted octanol–water partition coefficient (Wildman–Crippen LogP) is 8.62. The maximum Gasteiger partial charge on any atom is 0.243 e. The molecule has 1 saturated carbocycles. The highest BCUT2D eigenvalue weighted by molar-refractivity contribution is 7.99. The van der Waals surface area contributed by atoms with Crippen molar-refractivity contribution in [3.8, 4) is 0 Å². The fourth-order valence-electron chi connectivity index (χ4n) is 4.90. The molecule has 40 heavy (non-hydrogen) atoms. The van der Waals surface area contributed by atoms with Crippen molar-refractivity contribution in [1.82, 2.24) is 10.2 Å². The summed E-state index contributed by atoms with van der Waals surface area (Å²) >= 11 is 26.4. The third-order valence-electron chi connectivity index (χ3n) is 7.06. The SMILES string of the molecule is O=C(NC1CCCCC1)[C@@H](Cc1ccccc1)N(Cc1ccc(Cl)cc1Cl)C(=O)CSCc1ccc(Cl)c(Cl)c1. The van der Waals surface area contributed by atoms with Crippen molar-refractivity contribution in [2.24, 2.45) is 0 Å². The summed E-state index contributed by atoms with van der Waals surface area (Å²) in [5, 5.41) is 5.20. The summed E-state index contributed by atoms with van der Waals surface area (Å²) in [5.41, 5.74) is 2.68. The van der Waals surface area contributed by atoms with Crippen molar-refractivity contribution < 1.29 is 9.59 Å². The number of nitrogens with one attached hydrogen (secondary N) is 1. The van der Waals surface area contributed by atoms with Gasteiger partial charge in [-0.05, 0) is 53.8 Å². The van der Waals surface area contributed by atoms with E-state index in [1.54, 1.807) is 23.1 Å². The highest BCUT2D eigenvalue weighted by Crippen LogP contribution is 2.27. The van der Waals surface area contributed by atoms with Gasteiger partial charge in [-0.3, -0.25) is 9.59 Å². The molecule has 1 aliphatic carbocycles. The molecule has 0 heterocycles. The van der Waals surface area contributed by atoms with Crippen molar-refractivity contribution in [2.75, 3.05) is 5.75 Å². The van der Waals surface area contributed by atoms with E-state index in [0.29, 0.717) is 32.3 Å². The molecule has 0 aliphatic heterocycles. The van der Waals surface area contributed by atoms with Gasteiger partial charge in [0.05, 0.1) is 15.8 Å². The van der Waals surface area contributed by atoms with Gasteiger partial charge in [-0.1, -0.05) is 108 Å². The van der Waals surface area contributed by atoms with Gasteiger partial charge in [0, 0.05) is 34.8 Å². The van der Waals surface area contributed by atoms with Gasteiger partial charge in [0.1, 0.15) is 6.04 Å². The summed E-state index contributed by atoms with van der Waals surface area (Å²) in [5.74, 6) is 0.489. The highest BCUT2D eigenvalue weighted by atomic mass is 35.5. The lowest BCUT2D eigenvalue weighted by Gasteiger charge is -2.33. The second kappa shape index (κ2) is 15.4. The van der Waals surface area contributed by atoms with Crippen LogP contribution in [0.1, 0.15) is 48.8 Å². The van der Waals surface area contributed by atoms with Crippen LogP contribution in [0.4, 0.5) is 0 Å². The first-order valence-electron chi connectivity index (χ1n) is 13.4. The molecule has 1 fully saturated rings. The van der Waals surface area contributed by atoms with Gasteiger partial charge in [-0.15, -0.1) is 11.8 Å². The number of benzene rings is 3. The largest absolute Gasteiger partial charge is 0.352 e. The molecule has 1 aliphatic rings. The Hall–Kier alpha value is -1.89. The van der Waals surface area contributed by atoms with Crippen molar-refractivity contribution in [2.45, 2.75) is 62.9 Å². The molecule has 0 bridgehead atoms. The number of nitrogens with zero attached hydrogens (tertiary/aromatic N) is 1. The number of carbonyl (C=O) groups is 2. The van der Waals surface area contributed by atoms with Crippen LogP contribution in [0, 0.1) is 0 Å². The number of thioether (sulfide) groups is 1. The zero-order valence-electron chi connectivity index (χ0n) is 22.1. The topological polar surface area (TPSA) is 49.4 Å². The molecular formula is C31H32Cl4N2O2S. The zero-order chi connectivity index (χ0) is 28.5. The molecule has 0 saturated heterocycles. The van der Waals surface area contributed by atoms with E-state index in [4.69, 9.17) is 46.4 Å². The van der Waals surface area contributed by atoms with Gasteiger partial charge in [-0.25, -0.2) is 0 Å². The van der Waals surface area contributed by atoms with Crippen LogP contribution >= 0.6 is 58.2 Å². The fraction of sp³-hybridized carbons (Fsp3) is 0.355. The van der Waals surface area contributed by atoms with Gasteiger partial charge in [0.15, 0.2) is 0 Å². The second-order valence-corrected chi connectivity index (χ2v) is 12.7.